The van der Waals surface area contributed by atoms with Crippen LogP contribution < -0.4 is 16.4 Å². The van der Waals surface area contributed by atoms with E-state index in [1.807, 2.05) is 12.1 Å². The summed E-state index contributed by atoms with van der Waals surface area (Å²) in [4.78, 5) is 23.9. The lowest BCUT2D eigenvalue weighted by atomic mass is 9.90. The van der Waals surface area contributed by atoms with Crippen molar-refractivity contribution in [1.82, 2.24) is 5.32 Å². The van der Waals surface area contributed by atoms with Gasteiger partial charge in [-0.15, -0.1) is 0 Å². The first-order valence-electron chi connectivity index (χ1n) is 7.20. The summed E-state index contributed by atoms with van der Waals surface area (Å²) < 4.78 is 6.15. The molecule has 0 unspecified atom stereocenters. The number of ether oxygens (including phenoxy) is 1. The number of halogens is 1. The normalized spacial score (nSPS) is 16.8. The van der Waals surface area contributed by atoms with E-state index in [9.17, 15) is 9.59 Å². The van der Waals surface area contributed by atoms with Gasteiger partial charge in [-0.05, 0) is 37.1 Å². The molecule has 2 rings (SSSR count). The van der Waals surface area contributed by atoms with Crippen molar-refractivity contribution >= 4 is 33.4 Å². The number of rotatable bonds is 5. The van der Waals surface area contributed by atoms with Gasteiger partial charge < -0.3 is 21.1 Å². The summed E-state index contributed by atoms with van der Waals surface area (Å²) >= 11 is 3.33. The zero-order valence-electron chi connectivity index (χ0n) is 12.2. The first-order valence-corrected chi connectivity index (χ1v) is 7.99. The number of carbonyl (C=O) groups is 2. The Morgan fingerprint density at radius 2 is 1.86 bits per heavy atom. The van der Waals surface area contributed by atoms with Crippen LogP contribution in [0.15, 0.2) is 28.7 Å². The van der Waals surface area contributed by atoms with Crippen LogP contribution in [0.25, 0.3) is 0 Å². The van der Waals surface area contributed by atoms with Gasteiger partial charge in [0.25, 0.3) is 0 Å². The van der Waals surface area contributed by atoms with Crippen molar-refractivity contribution in [2.24, 2.45) is 5.73 Å². The molecule has 2 amide bonds. The number of benzene rings is 1. The molecule has 0 bridgehead atoms. The second-order valence-corrected chi connectivity index (χ2v) is 6.25. The maximum absolute atomic E-state index is 12.1. The minimum Gasteiger partial charge on any atom is -0.381 e. The summed E-state index contributed by atoms with van der Waals surface area (Å²) in [5.41, 5.74) is 5.91. The first-order chi connectivity index (χ1) is 10.5. The Kier molecular flexibility index (Phi) is 5.93. The van der Waals surface area contributed by atoms with Crippen LogP contribution in [0.3, 0.4) is 0 Å². The summed E-state index contributed by atoms with van der Waals surface area (Å²) in [5, 5.41) is 5.50. The number of hydrogen-bond acceptors (Lipinski definition) is 4. The summed E-state index contributed by atoms with van der Waals surface area (Å²) in [6, 6.07) is 7.30. The van der Waals surface area contributed by atoms with E-state index in [4.69, 9.17) is 10.5 Å². The minimum absolute atomic E-state index is 0.152. The SMILES string of the molecule is NC1(C(=O)NCCC(=O)Nc2ccc(Br)cc2)CCOCC1. The molecule has 1 aromatic rings. The van der Waals surface area contributed by atoms with E-state index in [0.717, 1.165) is 10.2 Å². The summed E-state index contributed by atoms with van der Waals surface area (Å²) in [6.07, 6.45) is 1.21. The lowest BCUT2D eigenvalue weighted by Gasteiger charge is -2.31. The van der Waals surface area contributed by atoms with E-state index in [1.165, 1.54) is 0 Å². The van der Waals surface area contributed by atoms with Gasteiger partial charge in [-0.1, -0.05) is 15.9 Å². The fraction of sp³-hybridized carbons (Fsp3) is 0.467. The monoisotopic (exact) mass is 369 g/mol. The van der Waals surface area contributed by atoms with E-state index < -0.39 is 5.54 Å². The second kappa shape index (κ2) is 7.71. The summed E-state index contributed by atoms with van der Waals surface area (Å²) in [6.45, 7) is 1.25. The zero-order valence-corrected chi connectivity index (χ0v) is 13.8. The molecule has 0 atom stereocenters. The van der Waals surface area contributed by atoms with Gasteiger partial charge in [0.2, 0.25) is 11.8 Å². The highest BCUT2D eigenvalue weighted by Gasteiger charge is 2.35. The average Bonchev–Trinajstić information content (AvgIpc) is 2.50. The van der Waals surface area contributed by atoms with E-state index in [2.05, 4.69) is 26.6 Å². The molecular weight excluding hydrogens is 350 g/mol. The molecular formula is C15H20BrN3O3. The lowest BCUT2D eigenvalue weighted by Crippen LogP contribution is -2.57. The Morgan fingerprint density at radius 3 is 2.50 bits per heavy atom. The standard InChI is InChI=1S/C15H20BrN3O3/c16-11-1-3-12(4-2-11)19-13(20)5-8-18-14(21)15(17)6-9-22-10-7-15/h1-4H,5-10,17H2,(H,18,21)(H,19,20). The molecule has 1 aliphatic rings. The Balaban J connectivity index is 1.72. The fourth-order valence-corrected chi connectivity index (χ4v) is 2.45. The maximum Gasteiger partial charge on any atom is 0.240 e. The molecule has 1 saturated heterocycles. The number of nitrogens with one attached hydrogen (secondary N) is 2. The highest BCUT2D eigenvalue weighted by molar-refractivity contribution is 9.10. The van der Waals surface area contributed by atoms with Gasteiger partial charge in [-0.3, -0.25) is 9.59 Å². The van der Waals surface area contributed by atoms with Gasteiger partial charge >= 0.3 is 0 Å². The van der Waals surface area contributed by atoms with Crippen LogP contribution in [0.5, 0.6) is 0 Å². The average molecular weight is 370 g/mol. The Bertz CT molecular complexity index is 527. The highest BCUT2D eigenvalue weighted by Crippen LogP contribution is 2.17. The van der Waals surface area contributed by atoms with Crippen molar-refractivity contribution in [1.29, 1.82) is 0 Å². The quantitative estimate of drug-likeness (QED) is 0.731. The third kappa shape index (κ3) is 4.79. The van der Waals surface area contributed by atoms with Gasteiger partial charge in [-0.25, -0.2) is 0 Å². The largest absolute Gasteiger partial charge is 0.381 e. The van der Waals surface area contributed by atoms with Gasteiger partial charge in [0.15, 0.2) is 0 Å². The second-order valence-electron chi connectivity index (χ2n) is 5.33. The highest BCUT2D eigenvalue weighted by atomic mass is 79.9. The first kappa shape index (κ1) is 16.9. The minimum atomic E-state index is -0.875. The maximum atomic E-state index is 12.1. The summed E-state index contributed by atoms with van der Waals surface area (Å²) in [5.74, 6) is -0.368. The van der Waals surface area contributed by atoms with Crippen LogP contribution in [-0.4, -0.2) is 37.1 Å². The van der Waals surface area contributed by atoms with Crippen LogP contribution in [0.1, 0.15) is 19.3 Å². The smallest absolute Gasteiger partial charge is 0.240 e. The number of nitrogens with two attached hydrogens (primary N) is 1. The molecule has 22 heavy (non-hydrogen) atoms. The molecule has 120 valence electrons. The Labute approximate surface area is 137 Å². The van der Waals surface area contributed by atoms with Crippen molar-refractivity contribution in [2.75, 3.05) is 25.1 Å². The van der Waals surface area contributed by atoms with Crippen LogP contribution >= 0.6 is 15.9 Å². The van der Waals surface area contributed by atoms with Crippen LogP contribution in [-0.2, 0) is 14.3 Å². The van der Waals surface area contributed by atoms with E-state index in [-0.39, 0.29) is 24.8 Å². The zero-order chi connectivity index (χ0) is 16.0. The van der Waals surface area contributed by atoms with Crippen LogP contribution in [0.4, 0.5) is 5.69 Å². The van der Waals surface area contributed by atoms with E-state index >= 15 is 0 Å². The van der Waals surface area contributed by atoms with Crippen molar-refractivity contribution in [3.63, 3.8) is 0 Å². The molecule has 1 heterocycles. The summed E-state index contributed by atoms with van der Waals surface area (Å²) in [7, 11) is 0. The molecule has 1 fully saturated rings. The molecule has 0 aromatic heterocycles. The molecule has 0 saturated carbocycles. The fourth-order valence-electron chi connectivity index (χ4n) is 2.19. The van der Waals surface area contributed by atoms with Gasteiger partial charge in [0.1, 0.15) is 0 Å². The molecule has 7 heteroatoms. The molecule has 4 N–H and O–H groups in total. The number of amides is 2. The van der Waals surface area contributed by atoms with Crippen molar-refractivity contribution in [2.45, 2.75) is 24.8 Å². The predicted octanol–water partition coefficient (Wildman–Crippen LogP) is 1.40. The molecule has 1 aromatic carbocycles. The van der Waals surface area contributed by atoms with Crippen molar-refractivity contribution in [3.05, 3.63) is 28.7 Å². The number of anilines is 1. The number of hydrogen-bond donors (Lipinski definition) is 3. The number of carbonyl (C=O) groups excluding carboxylic acids is 2. The molecule has 6 nitrogen and oxygen atoms in total. The Morgan fingerprint density at radius 1 is 1.23 bits per heavy atom. The van der Waals surface area contributed by atoms with Gasteiger partial charge in [0.05, 0.1) is 5.54 Å². The van der Waals surface area contributed by atoms with Crippen LogP contribution in [0.2, 0.25) is 0 Å². The van der Waals surface area contributed by atoms with E-state index in [0.29, 0.717) is 26.1 Å². The van der Waals surface area contributed by atoms with Gasteiger partial charge in [-0.2, -0.15) is 0 Å². The van der Waals surface area contributed by atoms with E-state index in [1.54, 1.807) is 12.1 Å². The molecule has 0 aliphatic carbocycles. The van der Waals surface area contributed by atoms with Crippen molar-refractivity contribution < 1.29 is 14.3 Å². The topological polar surface area (TPSA) is 93.5 Å². The van der Waals surface area contributed by atoms with Crippen molar-refractivity contribution in [3.8, 4) is 0 Å². The van der Waals surface area contributed by atoms with Crippen LogP contribution in [0, 0.1) is 0 Å². The third-order valence-electron chi connectivity index (χ3n) is 3.60. The molecule has 0 spiro atoms. The third-order valence-corrected chi connectivity index (χ3v) is 4.13. The Hall–Kier alpha value is -1.44. The lowest BCUT2D eigenvalue weighted by molar-refractivity contribution is -0.129. The predicted molar refractivity (Wildman–Crippen MR) is 87.4 cm³/mol. The molecule has 1 aliphatic heterocycles. The van der Waals surface area contributed by atoms with Gasteiger partial charge in [0, 0.05) is 36.3 Å². The molecule has 0 radical (unpaired) electrons.